The Morgan fingerprint density at radius 3 is 2.75 bits per heavy atom. The van der Waals surface area contributed by atoms with Crippen molar-refractivity contribution in [3.05, 3.63) is 0 Å². The maximum absolute atomic E-state index is 12.5. The molecule has 1 aliphatic heterocycles. The molecular formula is C11H21F3N2. The van der Waals surface area contributed by atoms with Crippen molar-refractivity contribution in [2.24, 2.45) is 5.92 Å². The van der Waals surface area contributed by atoms with Gasteiger partial charge in [-0.1, -0.05) is 6.92 Å². The monoisotopic (exact) mass is 238 g/mol. The van der Waals surface area contributed by atoms with Crippen LogP contribution in [0.1, 0.15) is 26.2 Å². The summed E-state index contributed by atoms with van der Waals surface area (Å²) in [5.41, 5.74) is 0. The lowest BCUT2D eigenvalue weighted by Gasteiger charge is -2.33. The van der Waals surface area contributed by atoms with Crippen molar-refractivity contribution >= 4 is 0 Å². The first-order valence-electron chi connectivity index (χ1n) is 6.04. The molecule has 1 rings (SSSR count). The molecule has 1 heterocycles. The molecule has 5 heteroatoms. The van der Waals surface area contributed by atoms with Crippen LogP contribution < -0.4 is 5.32 Å². The van der Waals surface area contributed by atoms with E-state index >= 15 is 0 Å². The number of alkyl halides is 3. The molecule has 1 fully saturated rings. The Morgan fingerprint density at radius 1 is 1.38 bits per heavy atom. The van der Waals surface area contributed by atoms with E-state index in [4.69, 9.17) is 0 Å². The van der Waals surface area contributed by atoms with Crippen molar-refractivity contribution in [2.75, 3.05) is 32.7 Å². The number of piperidine rings is 1. The van der Waals surface area contributed by atoms with Gasteiger partial charge in [0, 0.05) is 6.54 Å². The average Bonchev–Trinajstić information content (AvgIpc) is 2.24. The standard InChI is InChI=1S/C11H21F3N2/c1-2-15-6-4-8-16-7-3-5-10(9-16)11(12,13)14/h10,15H,2-9H2,1H3. The molecule has 1 N–H and O–H groups in total. The number of likely N-dealkylation sites (tertiary alicyclic amines) is 1. The molecule has 1 unspecified atom stereocenters. The summed E-state index contributed by atoms with van der Waals surface area (Å²) >= 11 is 0. The molecule has 0 bridgehead atoms. The second kappa shape index (κ2) is 6.45. The lowest BCUT2D eigenvalue weighted by Crippen LogP contribution is -2.42. The van der Waals surface area contributed by atoms with Gasteiger partial charge in [-0.2, -0.15) is 13.2 Å². The topological polar surface area (TPSA) is 15.3 Å². The van der Waals surface area contributed by atoms with Crippen LogP contribution >= 0.6 is 0 Å². The molecule has 1 aliphatic rings. The molecule has 0 aromatic heterocycles. The van der Waals surface area contributed by atoms with Crippen LogP contribution in [0.4, 0.5) is 13.2 Å². The predicted molar refractivity (Wildman–Crippen MR) is 58.4 cm³/mol. The van der Waals surface area contributed by atoms with Gasteiger partial charge in [-0.05, 0) is 45.4 Å². The van der Waals surface area contributed by atoms with Gasteiger partial charge in [0.05, 0.1) is 5.92 Å². The fourth-order valence-electron chi connectivity index (χ4n) is 2.13. The SMILES string of the molecule is CCNCCCN1CCCC(C(F)(F)F)C1. The molecule has 1 atom stereocenters. The van der Waals surface area contributed by atoms with E-state index in [1.165, 1.54) is 0 Å². The van der Waals surface area contributed by atoms with Gasteiger partial charge in [0.15, 0.2) is 0 Å². The van der Waals surface area contributed by atoms with Gasteiger partial charge in [0.2, 0.25) is 0 Å². The molecule has 16 heavy (non-hydrogen) atoms. The van der Waals surface area contributed by atoms with Crippen LogP contribution in [-0.2, 0) is 0 Å². The van der Waals surface area contributed by atoms with Crippen molar-refractivity contribution in [3.63, 3.8) is 0 Å². The van der Waals surface area contributed by atoms with Crippen LogP contribution in [0.2, 0.25) is 0 Å². The maximum Gasteiger partial charge on any atom is 0.393 e. The average molecular weight is 238 g/mol. The molecular weight excluding hydrogens is 217 g/mol. The van der Waals surface area contributed by atoms with E-state index in [2.05, 4.69) is 5.32 Å². The van der Waals surface area contributed by atoms with Crippen molar-refractivity contribution in [1.82, 2.24) is 10.2 Å². The van der Waals surface area contributed by atoms with Crippen LogP contribution in [-0.4, -0.2) is 43.8 Å². The van der Waals surface area contributed by atoms with Crippen LogP contribution in [0.5, 0.6) is 0 Å². The van der Waals surface area contributed by atoms with Gasteiger partial charge in [-0.25, -0.2) is 0 Å². The smallest absolute Gasteiger partial charge is 0.317 e. The van der Waals surface area contributed by atoms with E-state index in [-0.39, 0.29) is 6.54 Å². The summed E-state index contributed by atoms with van der Waals surface area (Å²) in [6.45, 7) is 5.63. The fraction of sp³-hybridized carbons (Fsp3) is 1.00. The Bertz CT molecular complexity index is 194. The zero-order valence-corrected chi connectivity index (χ0v) is 9.82. The highest BCUT2D eigenvalue weighted by Crippen LogP contribution is 2.32. The molecule has 1 saturated heterocycles. The summed E-state index contributed by atoms with van der Waals surface area (Å²) in [5.74, 6) is -1.11. The second-order valence-electron chi connectivity index (χ2n) is 4.39. The first-order valence-corrected chi connectivity index (χ1v) is 6.04. The molecule has 0 saturated carbocycles. The Morgan fingerprint density at radius 2 is 2.12 bits per heavy atom. The highest BCUT2D eigenvalue weighted by molar-refractivity contribution is 4.77. The first-order chi connectivity index (χ1) is 7.54. The molecule has 2 nitrogen and oxygen atoms in total. The van der Waals surface area contributed by atoms with Crippen LogP contribution in [0.25, 0.3) is 0 Å². The number of hydrogen-bond donors (Lipinski definition) is 1. The summed E-state index contributed by atoms with van der Waals surface area (Å²) in [7, 11) is 0. The van der Waals surface area contributed by atoms with E-state index in [0.29, 0.717) is 12.8 Å². The van der Waals surface area contributed by atoms with Crippen LogP contribution in [0, 0.1) is 5.92 Å². The van der Waals surface area contributed by atoms with Gasteiger partial charge >= 0.3 is 6.18 Å². The van der Waals surface area contributed by atoms with E-state index in [9.17, 15) is 13.2 Å². The van der Waals surface area contributed by atoms with Crippen LogP contribution in [0.3, 0.4) is 0 Å². The Balaban J connectivity index is 2.23. The highest BCUT2D eigenvalue weighted by atomic mass is 19.4. The number of hydrogen-bond acceptors (Lipinski definition) is 2. The minimum atomic E-state index is -4.01. The summed E-state index contributed by atoms with van der Waals surface area (Å²) in [4.78, 5) is 1.94. The number of nitrogens with zero attached hydrogens (tertiary/aromatic N) is 1. The fourth-order valence-corrected chi connectivity index (χ4v) is 2.13. The van der Waals surface area contributed by atoms with E-state index < -0.39 is 12.1 Å². The van der Waals surface area contributed by atoms with Crippen molar-refractivity contribution < 1.29 is 13.2 Å². The zero-order chi connectivity index (χ0) is 12.0. The largest absolute Gasteiger partial charge is 0.393 e. The Kier molecular flexibility index (Phi) is 5.55. The minimum absolute atomic E-state index is 0.190. The van der Waals surface area contributed by atoms with Crippen LogP contribution in [0.15, 0.2) is 0 Å². The molecule has 0 amide bonds. The van der Waals surface area contributed by atoms with Gasteiger partial charge < -0.3 is 10.2 Å². The summed E-state index contributed by atoms with van der Waals surface area (Å²) < 4.78 is 37.6. The third-order valence-electron chi connectivity index (χ3n) is 3.05. The molecule has 0 aromatic rings. The van der Waals surface area contributed by atoms with Gasteiger partial charge in [0.25, 0.3) is 0 Å². The lowest BCUT2D eigenvalue weighted by molar-refractivity contribution is -0.186. The highest BCUT2D eigenvalue weighted by Gasteiger charge is 2.41. The van der Waals surface area contributed by atoms with E-state index in [1.54, 1.807) is 0 Å². The zero-order valence-electron chi connectivity index (χ0n) is 9.82. The van der Waals surface area contributed by atoms with Gasteiger partial charge in [-0.3, -0.25) is 0 Å². The third kappa shape index (κ3) is 4.70. The van der Waals surface area contributed by atoms with E-state index in [0.717, 1.165) is 32.6 Å². The third-order valence-corrected chi connectivity index (χ3v) is 3.05. The summed E-state index contributed by atoms with van der Waals surface area (Å²) in [6.07, 6.45) is -2.11. The normalized spacial score (nSPS) is 23.6. The van der Waals surface area contributed by atoms with Gasteiger partial charge in [-0.15, -0.1) is 0 Å². The summed E-state index contributed by atoms with van der Waals surface area (Å²) in [6, 6.07) is 0. The molecule has 96 valence electrons. The minimum Gasteiger partial charge on any atom is -0.317 e. The number of nitrogens with one attached hydrogen (secondary N) is 1. The molecule has 0 aliphatic carbocycles. The Labute approximate surface area is 95.2 Å². The molecule has 0 aromatic carbocycles. The van der Waals surface area contributed by atoms with Crippen molar-refractivity contribution in [1.29, 1.82) is 0 Å². The molecule has 0 radical (unpaired) electrons. The number of rotatable bonds is 5. The van der Waals surface area contributed by atoms with Gasteiger partial charge in [0.1, 0.15) is 0 Å². The first kappa shape index (κ1) is 13.8. The summed E-state index contributed by atoms with van der Waals surface area (Å²) in [5, 5.41) is 3.18. The molecule has 0 spiro atoms. The quantitative estimate of drug-likeness (QED) is 0.739. The van der Waals surface area contributed by atoms with Crippen molar-refractivity contribution in [3.8, 4) is 0 Å². The van der Waals surface area contributed by atoms with E-state index in [1.807, 2.05) is 11.8 Å². The Hall–Kier alpha value is -0.290. The van der Waals surface area contributed by atoms with Crippen molar-refractivity contribution in [2.45, 2.75) is 32.4 Å². The predicted octanol–water partition coefficient (Wildman–Crippen LogP) is 2.26. The second-order valence-corrected chi connectivity index (χ2v) is 4.39. The number of halogens is 3. The lowest BCUT2D eigenvalue weighted by atomic mass is 9.97. The maximum atomic E-state index is 12.5.